The van der Waals surface area contributed by atoms with Crippen molar-refractivity contribution in [2.45, 2.75) is 38.8 Å². The number of amides is 1. The lowest BCUT2D eigenvalue weighted by Crippen LogP contribution is -2.55. The molecule has 3 heterocycles. The minimum Gasteiger partial charge on any atom is -0.388 e. The van der Waals surface area contributed by atoms with E-state index in [9.17, 15) is 19.5 Å². The molecule has 0 aliphatic carbocycles. The van der Waals surface area contributed by atoms with Crippen molar-refractivity contribution < 1.29 is 9.90 Å². The van der Waals surface area contributed by atoms with Gasteiger partial charge in [0.05, 0.1) is 22.7 Å². The molecule has 0 spiro atoms. The van der Waals surface area contributed by atoms with Crippen molar-refractivity contribution in [1.29, 1.82) is 0 Å². The third-order valence-corrected chi connectivity index (χ3v) is 5.62. The molecule has 2 atom stereocenters. The fourth-order valence-electron chi connectivity index (χ4n) is 3.87. The van der Waals surface area contributed by atoms with E-state index < -0.39 is 22.9 Å². The number of carbonyl (C=O) groups excluding carboxylic acids is 1. The minimum atomic E-state index is -1.20. The predicted octanol–water partition coefficient (Wildman–Crippen LogP) is 0.868. The Morgan fingerprint density at radius 1 is 1.28 bits per heavy atom. The summed E-state index contributed by atoms with van der Waals surface area (Å²) >= 11 is 0. The third-order valence-electron chi connectivity index (χ3n) is 5.62. The van der Waals surface area contributed by atoms with Crippen molar-refractivity contribution in [1.82, 2.24) is 24.4 Å². The van der Waals surface area contributed by atoms with Gasteiger partial charge in [-0.2, -0.15) is 0 Å². The van der Waals surface area contributed by atoms with Crippen LogP contribution in [0.3, 0.4) is 0 Å². The zero-order valence-electron chi connectivity index (χ0n) is 16.5. The average Bonchev–Trinajstić information content (AvgIpc) is 3.03. The number of aromatic amines is 2. The highest BCUT2D eigenvalue weighted by Crippen LogP contribution is 2.31. The maximum absolute atomic E-state index is 13.1. The molecule has 3 aromatic rings. The van der Waals surface area contributed by atoms with Crippen molar-refractivity contribution in [3.05, 3.63) is 62.2 Å². The molecule has 1 aliphatic rings. The Hall–Kier alpha value is -3.20. The lowest BCUT2D eigenvalue weighted by molar-refractivity contribution is -0.0460. The summed E-state index contributed by atoms with van der Waals surface area (Å²) in [6, 6.07) is 4.60. The highest BCUT2D eigenvalue weighted by Gasteiger charge is 2.41. The standard InChI is InChI=1S/C20H23N5O4/c1-11-9-25(19(28)23-17(11)26)16-10-24(7-6-20(16,3)29)18(27)13-4-5-14-15(8-13)22-12(2)21-14/h4-5,8-9,16,29H,6-7,10H2,1-3H3,(H,21,22)(H,23,26,28)/t16-,20-/m1/s1. The lowest BCUT2D eigenvalue weighted by atomic mass is 9.87. The molecule has 9 nitrogen and oxygen atoms in total. The van der Waals surface area contributed by atoms with Gasteiger partial charge in [-0.05, 0) is 45.4 Å². The number of imidazole rings is 1. The van der Waals surface area contributed by atoms with Crippen LogP contribution in [0.15, 0.2) is 34.0 Å². The number of rotatable bonds is 2. The van der Waals surface area contributed by atoms with Gasteiger partial charge in [0, 0.05) is 30.4 Å². The Kier molecular flexibility index (Phi) is 4.42. The molecule has 1 fully saturated rings. The second kappa shape index (κ2) is 6.70. The molecule has 1 saturated heterocycles. The third kappa shape index (κ3) is 3.38. The van der Waals surface area contributed by atoms with Crippen LogP contribution in [0.1, 0.15) is 41.1 Å². The van der Waals surface area contributed by atoms with Gasteiger partial charge in [0.1, 0.15) is 5.82 Å². The molecule has 0 unspecified atom stereocenters. The van der Waals surface area contributed by atoms with Crippen LogP contribution in [0.5, 0.6) is 0 Å². The van der Waals surface area contributed by atoms with Gasteiger partial charge in [0.15, 0.2) is 0 Å². The summed E-state index contributed by atoms with van der Waals surface area (Å²) in [7, 11) is 0. The Labute approximate surface area is 166 Å². The van der Waals surface area contributed by atoms with Crippen molar-refractivity contribution in [2.75, 3.05) is 13.1 Å². The number of likely N-dealkylation sites (tertiary alicyclic amines) is 1. The van der Waals surface area contributed by atoms with Crippen molar-refractivity contribution in [3.8, 4) is 0 Å². The minimum absolute atomic E-state index is 0.150. The fourth-order valence-corrected chi connectivity index (χ4v) is 3.87. The quantitative estimate of drug-likeness (QED) is 0.592. The van der Waals surface area contributed by atoms with E-state index in [1.165, 1.54) is 10.8 Å². The van der Waals surface area contributed by atoms with Crippen LogP contribution in [-0.4, -0.2) is 54.1 Å². The number of benzene rings is 1. The Balaban J connectivity index is 1.67. The molecule has 0 bridgehead atoms. The largest absolute Gasteiger partial charge is 0.388 e. The second-order valence-electron chi connectivity index (χ2n) is 7.91. The van der Waals surface area contributed by atoms with Gasteiger partial charge in [-0.25, -0.2) is 9.78 Å². The summed E-state index contributed by atoms with van der Waals surface area (Å²) in [5, 5.41) is 10.9. The van der Waals surface area contributed by atoms with Crippen LogP contribution >= 0.6 is 0 Å². The van der Waals surface area contributed by atoms with Crippen LogP contribution in [0, 0.1) is 13.8 Å². The van der Waals surface area contributed by atoms with Gasteiger partial charge in [-0.3, -0.25) is 19.1 Å². The summed E-state index contributed by atoms with van der Waals surface area (Å²) in [5.74, 6) is 0.584. The number of aliphatic hydroxyl groups is 1. The van der Waals surface area contributed by atoms with Crippen molar-refractivity contribution in [2.24, 2.45) is 0 Å². The SMILES string of the molecule is Cc1nc2ccc(C(=O)N3CC[C@@](C)(O)[C@H](n4cc(C)c(=O)[nH]c4=O)C3)cc2[nH]1. The van der Waals surface area contributed by atoms with Gasteiger partial charge >= 0.3 is 5.69 Å². The number of aromatic nitrogens is 4. The summed E-state index contributed by atoms with van der Waals surface area (Å²) < 4.78 is 1.32. The number of carbonyl (C=O) groups is 1. The Morgan fingerprint density at radius 2 is 2.03 bits per heavy atom. The van der Waals surface area contributed by atoms with Crippen molar-refractivity contribution >= 4 is 16.9 Å². The Bertz CT molecular complexity index is 1220. The van der Waals surface area contributed by atoms with Crippen LogP contribution in [0.25, 0.3) is 11.0 Å². The van der Waals surface area contributed by atoms with E-state index in [1.807, 2.05) is 6.92 Å². The first-order valence-electron chi connectivity index (χ1n) is 9.46. The normalized spacial score (nSPS) is 22.2. The van der Waals surface area contributed by atoms with E-state index in [0.29, 0.717) is 24.1 Å². The number of nitrogens with one attached hydrogen (secondary N) is 2. The molecule has 1 amide bonds. The molecule has 4 rings (SSSR count). The molecule has 1 aliphatic heterocycles. The molecule has 3 N–H and O–H groups in total. The maximum atomic E-state index is 13.1. The van der Waals surface area contributed by atoms with Crippen LogP contribution < -0.4 is 11.2 Å². The topological polar surface area (TPSA) is 124 Å². The predicted molar refractivity (Wildman–Crippen MR) is 107 cm³/mol. The first-order chi connectivity index (χ1) is 13.7. The molecule has 9 heteroatoms. The van der Waals surface area contributed by atoms with Crippen LogP contribution in [-0.2, 0) is 0 Å². The lowest BCUT2D eigenvalue weighted by Gasteiger charge is -2.43. The van der Waals surface area contributed by atoms with E-state index >= 15 is 0 Å². The smallest absolute Gasteiger partial charge is 0.328 e. The molecule has 152 valence electrons. The van der Waals surface area contributed by atoms with E-state index in [1.54, 1.807) is 36.9 Å². The zero-order chi connectivity index (χ0) is 20.9. The average molecular weight is 397 g/mol. The highest BCUT2D eigenvalue weighted by atomic mass is 16.3. The number of aryl methyl sites for hydroxylation is 2. The summed E-state index contributed by atoms with van der Waals surface area (Å²) in [6.07, 6.45) is 1.74. The molecule has 2 aromatic heterocycles. The van der Waals surface area contributed by atoms with Gasteiger partial charge in [0.25, 0.3) is 11.5 Å². The van der Waals surface area contributed by atoms with Crippen LogP contribution in [0.4, 0.5) is 0 Å². The molecule has 0 radical (unpaired) electrons. The maximum Gasteiger partial charge on any atom is 0.328 e. The number of piperidine rings is 1. The number of hydrogen-bond donors (Lipinski definition) is 3. The Morgan fingerprint density at radius 3 is 2.79 bits per heavy atom. The van der Waals surface area contributed by atoms with Gasteiger partial charge in [0.2, 0.25) is 0 Å². The van der Waals surface area contributed by atoms with Crippen molar-refractivity contribution in [3.63, 3.8) is 0 Å². The van der Waals surface area contributed by atoms with Gasteiger partial charge in [-0.1, -0.05) is 0 Å². The molecule has 1 aromatic carbocycles. The van der Waals surface area contributed by atoms with E-state index in [0.717, 1.165) is 16.9 Å². The van der Waals surface area contributed by atoms with E-state index in [-0.39, 0.29) is 12.5 Å². The van der Waals surface area contributed by atoms with Gasteiger partial charge < -0.3 is 15.0 Å². The summed E-state index contributed by atoms with van der Waals surface area (Å²) in [5.41, 5.74) is 0.174. The van der Waals surface area contributed by atoms with Crippen LogP contribution in [0.2, 0.25) is 0 Å². The first-order valence-corrected chi connectivity index (χ1v) is 9.46. The fraction of sp³-hybridized carbons (Fsp3) is 0.400. The van der Waals surface area contributed by atoms with E-state index in [4.69, 9.17) is 0 Å². The zero-order valence-corrected chi connectivity index (χ0v) is 16.5. The number of hydrogen-bond acceptors (Lipinski definition) is 5. The summed E-state index contributed by atoms with van der Waals surface area (Å²) in [4.78, 5) is 48.5. The first kappa shape index (κ1) is 19.1. The number of fused-ring (bicyclic) bond motifs is 1. The summed E-state index contributed by atoms with van der Waals surface area (Å²) in [6.45, 7) is 5.60. The number of nitrogens with zero attached hydrogens (tertiary/aromatic N) is 3. The second-order valence-corrected chi connectivity index (χ2v) is 7.91. The molecular weight excluding hydrogens is 374 g/mol. The van der Waals surface area contributed by atoms with Gasteiger partial charge in [-0.15, -0.1) is 0 Å². The molecular formula is C20H23N5O4. The molecule has 29 heavy (non-hydrogen) atoms. The molecule has 0 saturated carbocycles. The monoisotopic (exact) mass is 397 g/mol. The van der Waals surface area contributed by atoms with E-state index in [2.05, 4.69) is 15.0 Å². The number of H-pyrrole nitrogens is 2. The highest BCUT2D eigenvalue weighted by molar-refractivity contribution is 5.97.